The lowest BCUT2D eigenvalue weighted by atomic mass is 9.86. The van der Waals surface area contributed by atoms with Crippen molar-refractivity contribution in [2.24, 2.45) is 16.6 Å². The van der Waals surface area contributed by atoms with Gasteiger partial charge >= 0.3 is 5.97 Å². The van der Waals surface area contributed by atoms with Crippen LogP contribution >= 0.6 is 0 Å². The fraction of sp³-hybridized carbons (Fsp3) is 0.413. The maximum Gasteiger partial charge on any atom is 0.326 e. The van der Waals surface area contributed by atoms with E-state index in [-0.39, 0.29) is 82.6 Å². The number of nitrogens with zero attached hydrogens (tertiary/aromatic N) is 3. The number of ether oxygens (including phenoxy) is 2. The van der Waals surface area contributed by atoms with Gasteiger partial charge in [0.25, 0.3) is 16.1 Å². The summed E-state index contributed by atoms with van der Waals surface area (Å²) in [6.07, 6.45) is -2.72. The number of carboxylic acids is 1. The zero-order chi connectivity index (χ0) is 52.7. The Labute approximate surface area is 409 Å². The maximum atomic E-state index is 14.9. The molecule has 3 aromatic carbocycles. The lowest BCUT2D eigenvalue weighted by Gasteiger charge is -2.33. The molecule has 0 saturated carbocycles. The number of rotatable bonds is 17. The molecule has 16 N–H and O–H groups in total. The first-order valence-corrected chi connectivity index (χ1v) is 23.7. The second kappa shape index (κ2) is 22.8. The Morgan fingerprint density at radius 2 is 1.54 bits per heavy atom. The number of hydrogen-bond donors (Lipinski definition) is 12. The van der Waals surface area contributed by atoms with Crippen LogP contribution < -0.4 is 52.5 Å². The number of anilines is 1. The molecule has 0 fully saturated rings. The quantitative estimate of drug-likeness (QED) is 0.0592. The maximum absolute atomic E-state index is 14.9. The number of phenols is 1. The van der Waals surface area contributed by atoms with E-state index in [1.807, 2.05) is 16.9 Å². The Hall–Kier alpha value is -7.00. The molecule has 6 atom stereocenters. The molecule has 384 valence electrons. The number of carbonyl (C=O) groups is 5. The van der Waals surface area contributed by atoms with E-state index in [0.717, 1.165) is 23.6 Å². The number of likely N-dealkylation sites (N-methyl/N-ethyl adjacent to an activating group) is 1. The van der Waals surface area contributed by atoms with Crippen molar-refractivity contribution < 1.29 is 62.3 Å². The lowest BCUT2D eigenvalue weighted by Crippen LogP contribution is -2.57. The molecule has 4 aromatic rings. The molecular formula is C46H61N11O13S. The number of nitrogen functional groups attached to an aromatic ring is 1. The molecule has 4 bridgehead atoms. The molecule has 1 aliphatic heterocycles. The van der Waals surface area contributed by atoms with Crippen molar-refractivity contribution in [1.29, 1.82) is 0 Å². The smallest absolute Gasteiger partial charge is 0.326 e. The van der Waals surface area contributed by atoms with E-state index in [1.165, 1.54) is 38.1 Å². The van der Waals surface area contributed by atoms with E-state index in [4.69, 9.17) is 31.8 Å². The number of aryl methyl sites for hydroxylation is 1. The first-order chi connectivity index (χ1) is 33.2. The standard InChI is InChI=1S/C46H61N11O13S/c1-22-36(39(49)56-40(52-22)25-8-10-27(11-9-25)46(3,4)5)42(62)55-33(19-51-71(50,67)68)44(64)57(6)37-26-15-31(38(60)35(16-26)70-21-29(59)18-48)30-13-24(7-12-34(30)69-20-28(58)17-47)14-32(45(65)66)54-41(61)23(2)53-43(37)63/h7-13,15-16,23,28-29,32-33,37,51,58-60H,14,17-21,47-48H2,1-6H3,(H,53,63)(H,54,61)(H,55,62)(H,65,66)(H2,49,52,56)(H2,50,67,68)/t23-,28?,29?,32-,33?,37-/m0/s1. The van der Waals surface area contributed by atoms with Gasteiger partial charge in [0, 0.05) is 49.8 Å². The van der Waals surface area contributed by atoms with Gasteiger partial charge in [-0.05, 0) is 60.2 Å². The largest absolute Gasteiger partial charge is 0.504 e. The first-order valence-electron chi connectivity index (χ1n) is 22.2. The van der Waals surface area contributed by atoms with E-state index in [1.54, 1.807) is 12.1 Å². The Balaban J connectivity index is 1.67. The molecule has 0 radical (unpaired) electrons. The zero-order valence-electron chi connectivity index (χ0n) is 39.9. The molecule has 24 nitrogen and oxygen atoms in total. The number of benzene rings is 3. The summed E-state index contributed by atoms with van der Waals surface area (Å²) in [5, 5.41) is 55.3. The number of carbonyl (C=O) groups excluding carboxylic acids is 4. The Morgan fingerprint density at radius 1 is 0.915 bits per heavy atom. The fourth-order valence-electron chi connectivity index (χ4n) is 7.42. The van der Waals surface area contributed by atoms with Crippen LogP contribution in [0, 0.1) is 6.92 Å². The van der Waals surface area contributed by atoms with E-state index in [9.17, 15) is 52.8 Å². The zero-order valence-corrected chi connectivity index (χ0v) is 40.7. The summed E-state index contributed by atoms with van der Waals surface area (Å²) >= 11 is 0. The molecular weight excluding hydrogens is 947 g/mol. The van der Waals surface area contributed by atoms with Crippen LogP contribution in [-0.2, 0) is 41.2 Å². The second-order valence-electron chi connectivity index (χ2n) is 18.0. The van der Waals surface area contributed by atoms with Crippen molar-refractivity contribution in [1.82, 2.24) is 35.5 Å². The van der Waals surface area contributed by atoms with Crippen molar-refractivity contribution in [3.63, 3.8) is 0 Å². The van der Waals surface area contributed by atoms with Gasteiger partial charge < -0.3 is 68.0 Å². The summed E-state index contributed by atoms with van der Waals surface area (Å²) in [5.41, 5.74) is 19.0. The van der Waals surface area contributed by atoms with Gasteiger partial charge in [-0.2, -0.15) is 13.1 Å². The van der Waals surface area contributed by atoms with Gasteiger partial charge in [-0.1, -0.05) is 51.1 Å². The molecule has 0 aliphatic carbocycles. The van der Waals surface area contributed by atoms with Gasteiger partial charge in [0.1, 0.15) is 66.7 Å². The summed E-state index contributed by atoms with van der Waals surface area (Å²) in [5.74, 6) is -6.69. The normalized spacial score (nSPS) is 17.6. The third-order valence-corrected chi connectivity index (χ3v) is 12.0. The highest BCUT2D eigenvalue weighted by Crippen LogP contribution is 2.45. The SMILES string of the molecule is Cc1nc(-c2ccc(C(C)(C)C)cc2)nc(N)c1C(=O)NC(CNS(N)(=O)=O)C(=O)N(C)[C@@H]1C(=O)N[C@@H](C)C(=O)N[C@H](C(=O)O)Cc2ccc(OCC(O)CN)c(c2)-c2cc1cc(OCC(O)CN)c2O. The minimum absolute atomic E-state index is 0.00516. The predicted molar refractivity (Wildman–Crippen MR) is 259 cm³/mol. The summed E-state index contributed by atoms with van der Waals surface area (Å²) < 4.78 is 38.3. The Kier molecular flexibility index (Phi) is 17.7. The summed E-state index contributed by atoms with van der Waals surface area (Å²) in [7, 11) is -3.42. The number of aromatic hydroxyl groups is 1. The van der Waals surface area contributed by atoms with E-state index >= 15 is 0 Å². The number of hydrogen-bond acceptors (Lipinski definition) is 17. The highest BCUT2D eigenvalue weighted by atomic mass is 32.2. The number of aliphatic carboxylic acids is 1. The van der Waals surface area contributed by atoms with Crippen LogP contribution in [-0.4, -0.2) is 144 Å². The van der Waals surface area contributed by atoms with Crippen molar-refractivity contribution in [3.8, 4) is 39.8 Å². The monoisotopic (exact) mass is 1010 g/mol. The molecule has 25 heteroatoms. The van der Waals surface area contributed by atoms with Crippen molar-refractivity contribution >= 4 is 45.6 Å². The first kappa shape index (κ1) is 54.9. The number of nitrogens with two attached hydrogens (primary N) is 4. The summed E-state index contributed by atoms with van der Waals surface area (Å²) in [6.45, 7) is 6.69. The van der Waals surface area contributed by atoms with Crippen LogP contribution in [0.4, 0.5) is 5.82 Å². The van der Waals surface area contributed by atoms with Crippen molar-refractivity contribution in [2.75, 3.05) is 45.6 Å². The average molecular weight is 1010 g/mol. The number of aliphatic hydroxyl groups excluding tert-OH is 2. The van der Waals surface area contributed by atoms with Crippen LogP contribution in [0.5, 0.6) is 17.2 Å². The van der Waals surface area contributed by atoms with Gasteiger partial charge in [-0.15, -0.1) is 0 Å². The Bertz CT molecular complexity index is 2730. The minimum atomic E-state index is -4.54. The number of nitrogens with one attached hydrogen (secondary N) is 4. The van der Waals surface area contributed by atoms with Gasteiger partial charge in [-0.3, -0.25) is 19.2 Å². The third-order valence-electron chi connectivity index (χ3n) is 11.4. The fourth-order valence-corrected chi connectivity index (χ4v) is 7.82. The van der Waals surface area contributed by atoms with Gasteiger partial charge in [-0.25, -0.2) is 19.9 Å². The predicted octanol–water partition coefficient (Wildman–Crippen LogP) is -1.18. The van der Waals surface area contributed by atoms with Crippen LogP contribution in [0.15, 0.2) is 54.6 Å². The molecule has 0 saturated heterocycles. The molecule has 1 aliphatic rings. The molecule has 2 heterocycles. The number of carboxylic acid groups (broad SMARTS) is 1. The molecule has 5 rings (SSSR count). The number of aromatic nitrogens is 2. The topological polar surface area (TPSA) is 400 Å². The third kappa shape index (κ3) is 13.9. The van der Waals surface area contributed by atoms with Crippen molar-refractivity contribution in [2.45, 2.75) is 82.8 Å². The minimum Gasteiger partial charge on any atom is -0.504 e. The van der Waals surface area contributed by atoms with Crippen LogP contribution in [0.3, 0.4) is 0 Å². The summed E-state index contributed by atoms with van der Waals surface area (Å²) in [4.78, 5) is 79.4. The van der Waals surface area contributed by atoms with Gasteiger partial charge in [0.15, 0.2) is 17.3 Å². The van der Waals surface area contributed by atoms with Gasteiger partial charge in [0.2, 0.25) is 17.7 Å². The highest BCUT2D eigenvalue weighted by Gasteiger charge is 2.38. The molecule has 0 spiro atoms. The number of aliphatic hydroxyl groups is 2. The van der Waals surface area contributed by atoms with Crippen LogP contribution in [0.2, 0.25) is 0 Å². The number of phenolic OH excluding ortho intramolecular Hbond substituents is 1. The summed E-state index contributed by atoms with van der Waals surface area (Å²) in [6, 6.07) is 7.41. The van der Waals surface area contributed by atoms with E-state index < -0.39 is 95.1 Å². The molecule has 3 unspecified atom stereocenters. The average Bonchev–Trinajstić information content (AvgIpc) is 3.30. The van der Waals surface area contributed by atoms with Crippen molar-refractivity contribution in [3.05, 3.63) is 82.5 Å². The molecule has 4 amide bonds. The molecule has 1 aromatic heterocycles. The van der Waals surface area contributed by atoms with Crippen LogP contribution in [0.1, 0.15) is 66.5 Å². The number of fused-ring (bicyclic) bond motifs is 5. The van der Waals surface area contributed by atoms with E-state index in [0.29, 0.717) is 11.1 Å². The Morgan fingerprint density at radius 3 is 2.10 bits per heavy atom. The molecule has 71 heavy (non-hydrogen) atoms. The second-order valence-corrected chi connectivity index (χ2v) is 19.4. The van der Waals surface area contributed by atoms with Gasteiger partial charge in [0.05, 0.1) is 5.69 Å². The highest BCUT2D eigenvalue weighted by molar-refractivity contribution is 7.87. The van der Waals surface area contributed by atoms with Crippen LogP contribution in [0.25, 0.3) is 22.5 Å². The lowest BCUT2D eigenvalue weighted by molar-refractivity contribution is -0.143. The number of amides is 4. The van der Waals surface area contributed by atoms with E-state index in [2.05, 4.69) is 46.7 Å².